The summed E-state index contributed by atoms with van der Waals surface area (Å²) in [5.74, 6) is 1.44. The Morgan fingerprint density at radius 1 is 1.23 bits per heavy atom. The van der Waals surface area contributed by atoms with E-state index in [2.05, 4.69) is 71.6 Å². The largest absolute Gasteiger partial charge is 0.378 e. The molecule has 1 heterocycles. The fourth-order valence-corrected chi connectivity index (χ4v) is 3.46. The zero-order valence-electron chi connectivity index (χ0n) is 16.9. The SMILES string of the molecule is CCOC(CCNC(=NC)NC1CCN(c2ccccc2)CC1)C(C)C. The van der Waals surface area contributed by atoms with Crippen molar-refractivity contribution < 1.29 is 4.74 Å². The van der Waals surface area contributed by atoms with Crippen LogP contribution in [-0.4, -0.2) is 51.4 Å². The number of benzene rings is 1. The predicted molar refractivity (Wildman–Crippen MR) is 111 cm³/mol. The smallest absolute Gasteiger partial charge is 0.191 e. The van der Waals surface area contributed by atoms with E-state index in [1.807, 2.05) is 7.05 Å². The summed E-state index contributed by atoms with van der Waals surface area (Å²) in [5.41, 5.74) is 1.32. The van der Waals surface area contributed by atoms with Crippen LogP contribution in [0.2, 0.25) is 0 Å². The molecule has 1 atom stereocenters. The molecule has 1 unspecified atom stereocenters. The van der Waals surface area contributed by atoms with Crippen LogP contribution in [0.4, 0.5) is 5.69 Å². The molecule has 1 aromatic carbocycles. The molecule has 0 spiro atoms. The zero-order valence-corrected chi connectivity index (χ0v) is 16.9. The highest BCUT2D eigenvalue weighted by Gasteiger charge is 2.20. The topological polar surface area (TPSA) is 48.9 Å². The quantitative estimate of drug-likeness (QED) is 0.552. The van der Waals surface area contributed by atoms with Crippen LogP contribution in [0.5, 0.6) is 0 Å². The number of para-hydroxylation sites is 1. The lowest BCUT2D eigenvalue weighted by atomic mass is 10.0. The van der Waals surface area contributed by atoms with E-state index in [0.29, 0.717) is 18.1 Å². The highest BCUT2D eigenvalue weighted by Crippen LogP contribution is 2.19. The molecule has 1 aliphatic heterocycles. The summed E-state index contributed by atoms with van der Waals surface area (Å²) < 4.78 is 5.82. The number of aliphatic imine (C=N–C) groups is 1. The van der Waals surface area contributed by atoms with Crippen LogP contribution < -0.4 is 15.5 Å². The lowest BCUT2D eigenvalue weighted by Gasteiger charge is -2.34. The standard InChI is InChI=1S/C21H36N4O/c1-5-26-20(17(2)3)11-14-23-21(22-4)24-18-12-15-25(16-13-18)19-9-7-6-8-10-19/h6-10,17-18,20H,5,11-16H2,1-4H3,(H2,22,23,24). The van der Waals surface area contributed by atoms with E-state index >= 15 is 0 Å². The van der Waals surface area contributed by atoms with Crippen LogP contribution in [0, 0.1) is 5.92 Å². The van der Waals surface area contributed by atoms with Crippen molar-refractivity contribution in [2.75, 3.05) is 38.2 Å². The van der Waals surface area contributed by atoms with Gasteiger partial charge in [-0.15, -0.1) is 0 Å². The molecule has 0 radical (unpaired) electrons. The molecular weight excluding hydrogens is 324 g/mol. The summed E-state index contributed by atoms with van der Waals surface area (Å²) >= 11 is 0. The second-order valence-electron chi connectivity index (χ2n) is 7.27. The first-order chi connectivity index (χ1) is 12.6. The molecule has 1 aliphatic rings. The minimum atomic E-state index is 0.305. The number of hydrogen-bond donors (Lipinski definition) is 2. The second kappa shape index (κ2) is 11.1. The molecule has 0 aliphatic carbocycles. The number of rotatable bonds is 8. The maximum Gasteiger partial charge on any atom is 0.191 e. The average molecular weight is 361 g/mol. The van der Waals surface area contributed by atoms with E-state index in [1.165, 1.54) is 5.69 Å². The molecule has 2 N–H and O–H groups in total. The number of nitrogens with zero attached hydrogens (tertiary/aromatic N) is 2. The van der Waals surface area contributed by atoms with Crippen molar-refractivity contribution in [2.45, 2.75) is 52.2 Å². The summed E-state index contributed by atoms with van der Waals surface area (Å²) in [6.07, 6.45) is 3.56. The Kier molecular flexibility index (Phi) is 8.75. The average Bonchev–Trinajstić information content (AvgIpc) is 2.67. The number of hydrogen-bond acceptors (Lipinski definition) is 3. The van der Waals surface area contributed by atoms with Crippen molar-refractivity contribution in [3.05, 3.63) is 30.3 Å². The summed E-state index contributed by atoms with van der Waals surface area (Å²) in [6, 6.07) is 11.2. The molecule has 146 valence electrons. The van der Waals surface area contributed by atoms with Gasteiger partial charge in [0.05, 0.1) is 6.10 Å². The molecule has 1 fully saturated rings. The molecule has 5 heteroatoms. The molecule has 0 amide bonds. The van der Waals surface area contributed by atoms with Crippen molar-refractivity contribution in [3.63, 3.8) is 0 Å². The van der Waals surface area contributed by atoms with Gasteiger partial charge in [-0.2, -0.15) is 0 Å². The maximum atomic E-state index is 5.82. The Hall–Kier alpha value is -1.75. The van der Waals surface area contributed by atoms with Gasteiger partial charge in [-0.3, -0.25) is 4.99 Å². The number of piperidine rings is 1. The third-order valence-corrected chi connectivity index (χ3v) is 5.03. The van der Waals surface area contributed by atoms with E-state index in [0.717, 1.165) is 51.5 Å². The van der Waals surface area contributed by atoms with E-state index in [4.69, 9.17) is 4.74 Å². The monoisotopic (exact) mass is 360 g/mol. The van der Waals surface area contributed by atoms with Crippen molar-refractivity contribution in [1.82, 2.24) is 10.6 Å². The van der Waals surface area contributed by atoms with Crippen molar-refractivity contribution in [3.8, 4) is 0 Å². The summed E-state index contributed by atoms with van der Waals surface area (Å²) in [4.78, 5) is 6.85. The second-order valence-corrected chi connectivity index (χ2v) is 7.27. The maximum absolute atomic E-state index is 5.82. The summed E-state index contributed by atoms with van der Waals surface area (Å²) in [6.45, 7) is 10.3. The lowest BCUT2D eigenvalue weighted by Crippen LogP contribution is -2.49. The Bertz CT molecular complexity index is 524. The van der Waals surface area contributed by atoms with Crippen molar-refractivity contribution in [1.29, 1.82) is 0 Å². The first-order valence-electron chi connectivity index (χ1n) is 10.0. The highest BCUT2D eigenvalue weighted by atomic mass is 16.5. The van der Waals surface area contributed by atoms with Crippen molar-refractivity contribution >= 4 is 11.6 Å². The molecule has 2 rings (SSSR count). The van der Waals surface area contributed by atoms with Crippen LogP contribution in [0.15, 0.2) is 35.3 Å². The molecule has 5 nitrogen and oxygen atoms in total. The van der Waals surface area contributed by atoms with Crippen LogP contribution >= 0.6 is 0 Å². The molecule has 0 bridgehead atoms. The first-order valence-corrected chi connectivity index (χ1v) is 10.0. The summed E-state index contributed by atoms with van der Waals surface area (Å²) in [5, 5.41) is 7.03. The normalized spacial score (nSPS) is 17.4. The van der Waals surface area contributed by atoms with Crippen LogP contribution in [0.3, 0.4) is 0 Å². The van der Waals surface area contributed by atoms with Gasteiger partial charge in [0, 0.05) is 45.0 Å². The van der Waals surface area contributed by atoms with Gasteiger partial charge < -0.3 is 20.3 Å². The van der Waals surface area contributed by atoms with Gasteiger partial charge in [0.15, 0.2) is 5.96 Å². The zero-order chi connectivity index (χ0) is 18.8. The van der Waals surface area contributed by atoms with Gasteiger partial charge >= 0.3 is 0 Å². The minimum Gasteiger partial charge on any atom is -0.378 e. The predicted octanol–water partition coefficient (Wildman–Crippen LogP) is 3.27. The summed E-state index contributed by atoms with van der Waals surface area (Å²) in [7, 11) is 1.84. The van der Waals surface area contributed by atoms with Gasteiger partial charge in [0.2, 0.25) is 0 Å². The van der Waals surface area contributed by atoms with Crippen LogP contribution in [0.1, 0.15) is 40.0 Å². The number of guanidine groups is 1. The molecule has 0 saturated carbocycles. The lowest BCUT2D eigenvalue weighted by molar-refractivity contribution is 0.0258. The van der Waals surface area contributed by atoms with Gasteiger partial charge in [-0.25, -0.2) is 0 Å². The Morgan fingerprint density at radius 2 is 1.92 bits per heavy atom. The Morgan fingerprint density at radius 3 is 2.50 bits per heavy atom. The first kappa shape index (κ1) is 20.6. The van der Waals surface area contributed by atoms with Gasteiger partial charge in [-0.1, -0.05) is 32.0 Å². The van der Waals surface area contributed by atoms with E-state index < -0.39 is 0 Å². The van der Waals surface area contributed by atoms with Gasteiger partial charge in [-0.05, 0) is 44.2 Å². The third kappa shape index (κ3) is 6.52. The van der Waals surface area contributed by atoms with Gasteiger partial charge in [0.1, 0.15) is 0 Å². The molecule has 0 aromatic heterocycles. The van der Waals surface area contributed by atoms with E-state index in [-0.39, 0.29) is 0 Å². The van der Waals surface area contributed by atoms with Crippen molar-refractivity contribution in [2.24, 2.45) is 10.9 Å². The Balaban J connectivity index is 1.72. The number of anilines is 1. The van der Waals surface area contributed by atoms with Crippen LogP contribution in [-0.2, 0) is 4.74 Å². The van der Waals surface area contributed by atoms with Crippen LogP contribution in [0.25, 0.3) is 0 Å². The fraction of sp³-hybridized carbons (Fsp3) is 0.667. The molecule has 1 saturated heterocycles. The molecule has 1 aromatic rings. The Labute approximate surface area is 159 Å². The highest BCUT2D eigenvalue weighted by molar-refractivity contribution is 5.79. The van der Waals surface area contributed by atoms with E-state index in [1.54, 1.807) is 0 Å². The number of ether oxygens (including phenoxy) is 1. The van der Waals surface area contributed by atoms with Gasteiger partial charge in [0.25, 0.3) is 0 Å². The fourth-order valence-electron chi connectivity index (χ4n) is 3.46. The molecule has 26 heavy (non-hydrogen) atoms. The minimum absolute atomic E-state index is 0.305. The molecular formula is C21H36N4O. The number of nitrogens with one attached hydrogen (secondary N) is 2. The van der Waals surface area contributed by atoms with E-state index in [9.17, 15) is 0 Å². The third-order valence-electron chi connectivity index (χ3n) is 5.03.